The van der Waals surface area contributed by atoms with Gasteiger partial charge < -0.3 is 10.0 Å². The van der Waals surface area contributed by atoms with Gasteiger partial charge in [0.2, 0.25) is 0 Å². The molecule has 0 aromatic rings. The Bertz CT molecular complexity index is 210. The van der Waals surface area contributed by atoms with E-state index in [2.05, 4.69) is 5.29 Å². The lowest BCUT2D eigenvalue weighted by atomic mass is 10.5. The first-order valence-electron chi connectivity index (χ1n) is 3.26. The predicted molar refractivity (Wildman–Crippen MR) is 44.3 cm³/mol. The fraction of sp³-hybridized carbons (Fsp3) is 0.600. The van der Waals surface area contributed by atoms with Crippen LogP contribution in [0.15, 0.2) is 5.29 Å². The number of hydrogen-bond acceptors (Lipinski definition) is 4. The Morgan fingerprint density at radius 3 is 2.54 bits per heavy atom. The molecule has 7 nitrogen and oxygen atoms in total. The number of carbonyl (C=O) groups excluding carboxylic acids is 1. The van der Waals surface area contributed by atoms with E-state index >= 15 is 0 Å². The summed E-state index contributed by atoms with van der Waals surface area (Å²) < 4.78 is 0. The van der Waals surface area contributed by atoms with Crippen molar-refractivity contribution in [3.63, 3.8) is 0 Å². The van der Waals surface area contributed by atoms with Crippen LogP contribution >= 0.6 is 11.6 Å². The molecule has 0 fully saturated rings. The Kier molecular flexibility index (Phi) is 5.53. The van der Waals surface area contributed by atoms with Crippen LogP contribution in [-0.4, -0.2) is 41.0 Å². The number of aliphatic carboxylic acids is 1. The Labute approximate surface area is 78.6 Å². The van der Waals surface area contributed by atoms with Crippen LogP contribution in [0.3, 0.4) is 0 Å². The molecule has 0 unspecified atom stereocenters. The third-order valence-electron chi connectivity index (χ3n) is 1.11. The van der Waals surface area contributed by atoms with Crippen molar-refractivity contribution in [2.24, 2.45) is 5.29 Å². The number of halogens is 1. The molecule has 0 atom stereocenters. The molecule has 2 amide bonds. The van der Waals surface area contributed by atoms with Crippen molar-refractivity contribution < 1.29 is 14.7 Å². The Balaban J connectivity index is 4.13. The molecule has 0 aliphatic rings. The number of urea groups is 1. The Morgan fingerprint density at radius 2 is 2.15 bits per heavy atom. The summed E-state index contributed by atoms with van der Waals surface area (Å²) in [6, 6.07) is -0.877. The van der Waals surface area contributed by atoms with Gasteiger partial charge in [-0.3, -0.25) is 4.79 Å². The van der Waals surface area contributed by atoms with Gasteiger partial charge in [-0.05, 0) is 0 Å². The standard InChI is InChI=1S/C5H8ClN3O4/c6-1-2-9(3-4(10)11)5(12)7-8-13/h1-3H2,(H,10,11)(H,7,12,13). The van der Waals surface area contributed by atoms with E-state index in [0.29, 0.717) is 0 Å². The Hall–Kier alpha value is -1.37. The minimum absolute atomic E-state index is 0.0369. The molecule has 8 heteroatoms. The van der Waals surface area contributed by atoms with Gasteiger partial charge in [0.1, 0.15) is 6.54 Å². The molecule has 0 bridgehead atoms. The summed E-state index contributed by atoms with van der Waals surface area (Å²) in [7, 11) is 0. The van der Waals surface area contributed by atoms with Crippen molar-refractivity contribution >= 4 is 23.6 Å². The van der Waals surface area contributed by atoms with Gasteiger partial charge in [-0.2, -0.15) is 5.43 Å². The third-order valence-corrected chi connectivity index (χ3v) is 1.28. The normalized spacial score (nSPS) is 9.00. The zero-order valence-electron chi connectivity index (χ0n) is 6.57. The van der Waals surface area contributed by atoms with Crippen LogP contribution in [0.4, 0.5) is 4.79 Å². The van der Waals surface area contributed by atoms with Gasteiger partial charge in [0, 0.05) is 12.4 Å². The zero-order valence-corrected chi connectivity index (χ0v) is 7.32. The molecular formula is C5H8ClN3O4. The number of nitrogens with zero attached hydrogens (tertiary/aromatic N) is 2. The second kappa shape index (κ2) is 6.18. The van der Waals surface area contributed by atoms with E-state index in [0.717, 1.165) is 4.90 Å². The number of nitroso groups, excluding NO2 is 1. The van der Waals surface area contributed by atoms with Gasteiger partial charge in [-0.15, -0.1) is 16.5 Å². The summed E-state index contributed by atoms with van der Waals surface area (Å²) in [6.07, 6.45) is 0. The van der Waals surface area contributed by atoms with Crippen LogP contribution in [0.2, 0.25) is 0 Å². The number of rotatable bonds is 5. The van der Waals surface area contributed by atoms with Gasteiger partial charge >= 0.3 is 12.0 Å². The fourth-order valence-electron chi connectivity index (χ4n) is 0.627. The second-order valence-electron chi connectivity index (χ2n) is 2.01. The first kappa shape index (κ1) is 11.6. The van der Waals surface area contributed by atoms with E-state index in [1.54, 1.807) is 5.43 Å². The van der Waals surface area contributed by atoms with Crippen molar-refractivity contribution in [3.8, 4) is 0 Å². The Morgan fingerprint density at radius 1 is 1.54 bits per heavy atom. The molecule has 0 saturated carbocycles. The van der Waals surface area contributed by atoms with Crippen LogP contribution in [-0.2, 0) is 4.79 Å². The lowest BCUT2D eigenvalue weighted by Gasteiger charge is -2.16. The zero-order chi connectivity index (χ0) is 10.3. The van der Waals surface area contributed by atoms with Gasteiger partial charge in [-0.25, -0.2) is 4.79 Å². The molecule has 74 valence electrons. The van der Waals surface area contributed by atoms with Gasteiger partial charge in [0.05, 0.1) is 5.29 Å². The quantitative estimate of drug-likeness (QED) is 0.378. The molecule has 0 aromatic heterocycles. The van der Waals surface area contributed by atoms with Crippen molar-refractivity contribution in [3.05, 3.63) is 4.91 Å². The van der Waals surface area contributed by atoms with Crippen LogP contribution < -0.4 is 5.43 Å². The summed E-state index contributed by atoms with van der Waals surface area (Å²) in [5.41, 5.74) is 1.57. The molecule has 0 saturated heterocycles. The third kappa shape index (κ3) is 4.96. The number of carboxylic acids is 1. The summed E-state index contributed by atoms with van der Waals surface area (Å²) in [6.45, 7) is -0.483. The van der Waals surface area contributed by atoms with E-state index in [4.69, 9.17) is 16.7 Å². The second-order valence-corrected chi connectivity index (χ2v) is 2.39. The number of alkyl halides is 1. The van der Waals surface area contributed by atoms with E-state index in [1.165, 1.54) is 0 Å². The van der Waals surface area contributed by atoms with Crippen molar-refractivity contribution in [2.75, 3.05) is 19.0 Å². The topological polar surface area (TPSA) is 99.1 Å². The van der Waals surface area contributed by atoms with Crippen molar-refractivity contribution in [2.45, 2.75) is 0 Å². The molecule has 0 aliphatic heterocycles. The van der Waals surface area contributed by atoms with E-state index in [1.807, 2.05) is 0 Å². The summed E-state index contributed by atoms with van der Waals surface area (Å²) in [4.78, 5) is 31.6. The average molecular weight is 210 g/mol. The average Bonchev–Trinajstić information content (AvgIpc) is 2.03. The number of hydrogen-bond donors (Lipinski definition) is 2. The lowest BCUT2D eigenvalue weighted by Crippen LogP contribution is -2.41. The highest BCUT2D eigenvalue weighted by Crippen LogP contribution is 1.91. The first-order chi connectivity index (χ1) is 6.11. The van der Waals surface area contributed by atoms with Crippen LogP contribution in [0.25, 0.3) is 0 Å². The van der Waals surface area contributed by atoms with E-state index < -0.39 is 18.5 Å². The highest BCUT2D eigenvalue weighted by Gasteiger charge is 2.15. The lowest BCUT2D eigenvalue weighted by molar-refractivity contribution is -0.137. The maximum Gasteiger partial charge on any atom is 0.340 e. The number of carboxylic acid groups (broad SMARTS) is 1. The minimum Gasteiger partial charge on any atom is -0.480 e. The van der Waals surface area contributed by atoms with Gasteiger partial charge in [-0.1, -0.05) is 0 Å². The maximum absolute atomic E-state index is 10.9. The summed E-state index contributed by atoms with van der Waals surface area (Å²) in [5, 5.41) is 10.5. The number of carbonyl (C=O) groups is 2. The maximum atomic E-state index is 10.9. The molecule has 0 radical (unpaired) electrons. The molecule has 0 aliphatic carbocycles. The fourth-order valence-corrected chi connectivity index (χ4v) is 0.831. The highest BCUT2D eigenvalue weighted by molar-refractivity contribution is 6.18. The largest absolute Gasteiger partial charge is 0.480 e. The SMILES string of the molecule is O=NNC(=O)N(CCCl)CC(=O)O. The van der Waals surface area contributed by atoms with Gasteiger partial charge in [0.25, 0.3) is 0 Å². The summed E-state index contributed by atoms with van der Waals surface area (Å²) in [5.74, 6) is -1.11. The molecule has 13 heavy (non-hydrogen) atoms. The van der Waals surface area contributed by atoms with E-state index in [-0.39, 0.29) is 12.4 Å². The van der Waals surface area contributed by atoms with Gasteiger partial charge in [0.15, 0.2) is 0 Å². The molecular weight excluding hydrogens is 202 g/mol. The molecule has 0 heterocycles. The van der Waals surface area contributed by atoms with E-state index in [9.17, 15) is 14.5 Å². The first-order valence-corrected chi connectivity index (χ1v) is 3.80. The highest BCUT2D eigenvalue weighted by atomic mass is 35.5. The smallest absolute Gasteiger partial charge is 0.340 e. The monoisotopic (exact) mass is 209 g/mol. The van der Waals surface area contributed by atoms with Crippen molar-refractivity contribution in [1.29, 1.82) is 0 Å². The minimum atomic E-state index is -1.19. The van der Waals surface area contributed by atoms with Crippen LogP contribution in [0.5, 0.6) is 0 Å². The van der Waals surface area contributed by atoms with Crippen LogP contribution in [0.1, 0.15) is 0 Å². The van der Waals surface area contributed by atoms with Crippen LogP contribution in [0, 0.1) is 4.91 Å². The number of amides is 2. The molecule has 0 spiro atoms. The molecule has 0 aromatic carbocycles. The molecule has 0 rings (SSSR count). The number of nitrogens with one attached hydrogen (secondary N) is 1. The molecule has 2 N–H and O–H groups in total. The summed E-state index contributed by atoms with van der Waals surface area (Å²) >= 11 is 5.30. The van der Waals surface area contributed by atoms with Crippen molar-refractivity contribution in [1.82, 2.24) is 10.3 Å². The predicted octanol–water partition coefficient (Wildman–Crippen LogP) is 0.00280.